The third-order valence-electron chi connectivity index (χ3n) is 4.48. The molecule has 1 aromatic carbocycles. The van der Waals surface area contributed by atoms with E-state index in [0.717, 1.165) is 0 Å². The molecule has 4 rings (SSSR count). The Hall–Kier alpha value is -3.20. The Morgan fingerprint density at radius 2 is 2.11 bits per heavy atom. The zero-order valence-electron chi connectivity index (χ0n) is 15.2. The topological polar surface area (TPSA) is 78.9 Å². The summed E-state index contributed by atoms with van der Waals surface area (Å²) in [6, 6.07) is 5.39. The van der Waals surface area contributed by atoms with Crippen LogP contribution >= 0.6 is 0 Å². The minimum Gasteiger partial charge on any atom is -0.378 e. The SMILES string of the molecule is COCc1c(-c2nc(-c3ccccc3F)no2)nnn1C1C=CC=CC1(C)F. The maximum absolute atomic E-state index is 15.0. The predicted octanol–water partition coefficient (Wildman–Crippen LogP) is 3.68. The van der Waals surface area contributed by atoms with Crippen molar-refractivity contribution in [1.29, 1.82) is 0 Å². The Labute approximate surface area is 159 Å². The van der Waals surface area contributed by atoms with Crippen LogP contribution in [0, 0.1) is 5.82 Å². The summed E-state index contributed by atoms with van der Waals surface area (Å²) in [5.74, 6) is -0.336. The molecule has 9 heteroatoms. The van der Waals surface area contributed by atoms with Gasteiger partial charge in [-0.1, -0.05) is 40.7 Å². The lowest BCUT2D eigenvalue weighted by Gasteiger charge is -2.28. The largest absolute Gasteiger partial charge is 0.378 e. The number of nitrogens with zero attached hydrogens (tertiary/aromatic N) is 5. The summed E-state index contributed by atoms with van der Waals surface area (Å²) >= 11 is 0. The monoisotopic (exact) mass is 385 g/mol. The number of rotatable bonds is 5. The second-order valence-electron chi connectivity index (χ2n) is 6.51. The summed E-state index contributed by atoms with van der Waals surface area (Å²) in [7, 11) is 1.50. The first-order chi connectivity index (χ1) is 13.5. The normalized spacial score (nSPS) is 21.4. The first-order valence-electron chi connectivity index (χ1n) is 8.58. The second kappa shape index (κ2) is 7.08. The van der Waals surface area contributed by atoms with E-state index >= 15 is 0 Å². The number of ether oxygens (including phenoxy) is 1. The van der Waals surface area contributed by atoms with Crippen LogP contribution in [0.25, 0.3) is 23.0 Å². The molecule has 0 N–H and O–H groups in total. The van der Waals surface area contributed by atoms with Gasteiger partial charge in [0.2, 0.25) is 5.82 Å². The number of hydrogen-bond acceptors (Lipinski definition) is 6. The number of allylic oxidation sites excluding steroid dienone is 4. The molecule has 0 bridgehead atoms. The van der Waals surface area contributed by atoms with E-state index in [0.29, 0.717) is 5.69 Å². The first-order valence-corrected chi connectivity index (χ1v) is 8.58. The van der Waals surface area contributed by atoms with Crippen molar-refractivity contribution in [2.75, 3.05) is 7.11 Å². The summed E-state index contributed by atoms with van der Waals surface area (Å²) in [5.41, 5.74) is -0.722. The molecule has 7 nitrogen and oxygen atoms in total. The van der Waals surface area contributed by atoms with Gasteiger partial charge in [-0.3, -0.25) is 0 Å². The quantitative estimate of drug-likeness (QED) is 0.667. The van der Waals surface area contributed by atoms with E-state index in [1.807, 2.05) is 0 Å². The summed E-state index contributed by atoms with van der Waals surface area (Å²) in [4.78, 5) is 4.23. The lowest BCUT2D eigenvalue weighted by molar-refractivity contribution is 0.151. The molecule has 2 aromatic heterocycles. The Morgan fingerprint density at radius 1 is 1.29 bits per heavy atom. The zero-order chi connectivity index (χ0) is 19.7. The molecule has 0 aliphatic heterocycles. The number of alkyl halides is 1. The lowest BCUT2D eigenvalue weighted by Crippen LogP contribution is -2.32. The summed E-state index contributed by atoms with van der Waals surface area (Å²) in [6.45, 7) is 1.56. The highest BCUT2D eigenvalue weighted by Crippen LogP contribution is 2.35. The Kier molecular flexibility index (Phi) is 4.60. The highest BCUT2D eigenvalue weighted by atomic mass is 19.1. The van der Waals surface area contributed by atoms with Gasteiger partial charge in [0.1, 0.15) is 11.9 Å². The summed E-state index contributed by atoms with van der Waals surface area (Å²) < 4.78 is 40.9. The first kappa shape index (κ1) is 18.2. The fourth-order valence-electron chi connectivity index (χ4n) is 3.07. The van der Waals surface area contributed by atoms with E-state index in [-0.39, 0.29) is 29.6 Å². The van der Waals surface area contributed by atoms with Crippen LogP contribution in [0.5, 0.6) is 0 Å². The van der Waals surface area contributed by atoms with Gasteiger partial charge in [0.15, 0.2) is 11.4 Å². The molecule has 1 aliphatic rings. The van der Waals surface area contributed by atoms with Crippen LogP contribution < -0.4 is 0 Å². The Bertz CT molecular complexity index is 1050. The molecule has 0 spiro atoms. The van der Waals surface area contributed by atoms with Gasteiger partial charge in [-0.15, -0.1) is 5.10 Å². The fraction of sp³-hybridized carbons (Fsp3) is 0.263. The van der Waals surface area contributed by atoms with Crippen molar-refractivity contribution < 1.29 is 18.0 Å². The van der Waals surface area contributed by atoms with E-state index in [4.69, 9.17) is 9.26 Å². The standard InChI is InChI=1S/C19H17F2N5O2/c1-19(21)10-6-5-9-15(19)26-14(11-27-2)16(23-25-26)18-22-17(24-28-18)12-7-3-4-8-13(12)20/h3-10,15H,11H2,1-2H3. The highest BCUT2D eigenvalue weighted by molar-refractivity contribution is 5.59. The molecule has 0 saturated heterocycles. The highest BCUT2D eigenvalue weighted by Gasteiger charge is 2.36. The van der Waals surface area contributed by atoms with Crippen molar-refractivity contribution in [3.8, 4) is 23.0 Å². The number of methoxy groups -OCH3 is 1. The van der Waals surface area contributed by atoms with Crippen molar-refractivity contribution in [2.24, 2.45) is 0 Å². The molecule has 2 atom stereocenters. The van der Waals surface area contributed by atoms with Gasteiger partial charge in [-0.05, 0) is 25.1 Å². The second-order valence-corrected chi connectivity index (χ2v) is 6.51. The Balaban J connectivity index is 1.76. The third kappa shape index (κ3) is 3.13. The average Bonchev–Trinajstić information content (AvgIpc) is 3.29. The van der Waals surface area contributed by atoms with Crippen LogP contribution in [0.3, 0.4) is 0 Å². The van der Waals surface area contributed by atoms with E-state index in [1.165, 1.54) is 30.9 Å². The molecule has 144 valence electrons. The summed E-state index contributed by atoms with van der Waals surface area (Å²) in [5, 5.41) is 12.0. The predicted molar refractivity (Wildman–Crippen MR) is 96.3 cm³/mol. The van der Waals surface area contributed by atoms with E-state index in [9.17, 15) is 8.78 Å². The molecule has 0 saturated carbocycles. The number of aromatic nitrogens is 5. The van der Waals surface area contributed by atoms with E-state index < -0.39 is 17.5 Å². The summed E-state index contributed by atoms with van der Waals surface area (Å²) in [6.07, 6.45) is 6.53. The molecule has 2 heterocycles. The smallest absolute Gasteiger partial charge is 0.280 e. The van der Waals surface area contributed by atoms with Crippen LogP contribution in [0.2, 0.25) is 0 Å². The number of halogens is 2. The van der Waals surface area contributed by atoms with E-state index in [2.05, 4.69) is 20.5 Å². The van der Waals surface area contributed by atoms with Gasteiger partial charge in [-0.25, -0.2) is 13.5 Å². The maximum Gasteiger partial charge on any atom is 0.280 e. The van der Waals surface area contributed by atoms with Crippen LogP contribution in [0.4, 0.5) is 8.78 Å². The van der Waals surface area contributed by atoms with Crippen molar-refractivity contribution >= 4 is 0 Å². The van der Waals surface area contributed by atoms with Gasteiger partial charge in [0, 0.05) is 7.11 Å². The van der Waals surface area contributed by atoms with Crippen molar-refractivity contribution in [2.45, 2.75) is 25.2 Å². The van der Waals surface area contributed by atoms with Crippen LogP contribution in [0.1, 0.15) is 18.7 Å². The molecular weight excluding hydrogens is 368 g/mol. The maximum atomic E-state index is 15.0. The van der Waals surface area contributed by atoms with Crippen molar-refractivity contribution in [3.63, 3.8) is 0 Å². The fourth-order valence-corrected chi connectivity index (χ4v) is 3.07. The van der Waals surface area contributed by atoms with Crippen LogP contribution in [-0.2, 0) is 11.3 Å². The molecule has 0 fully saturated rings. The van der Waals surface area contributed by atoms with Gasteiger partial charge < -0.3 is 9.26 Å². The van der Waals surface area contributed by atoms with Crippen LogP contribution in [-0.4, -0.2) is 37.9 Å². The lowest BCUT2D eigenvalue weighted by atomic mass is 9.94. The van der Waals surface area contributed by atoms with Gasteiger partial charge in [0.25, 0.3) is 5.89 Å². The third-order valence-corrected chi connectivity index (χ3v) is 4.48. The minimum absolute atomic E-state index is 0.0486. The molecule has 0 radical (unpaired) electrons. The molecule has 28 heavy (non-hydrogen) atoms. The van der Waals surface area contributed by atoms with Gasteiger partial charge >= 0.3 is 0 Å². The zero-order valence-corrected chi connectivity index (χ0v) is 15.2. The van der Waals surface area contributed by atoms with Crippen LogP contribution in [0.15, 0.2) is 53.1 Å². The Morgan fingerprint density at radius 3 is 2.86 bits per heavy atom. The average molecular weight is 385 g/mol. The van der Waals surface area contributed by atoms with Crippen molar-refractivity contribution in [3.05, 3.63) is 60.1 Å². The van der Waals surface area contributed by atoms with Gasteiger partial charge in [-0.2, -0.15) is 4.98 Å². The molecular formula is C19H17F2N5O2. The molecule has 1 aliphatic carbocycles. The number of benzene rings is 1. The molecule has 3 aromatic rings. The number of hydrogen-bond donors (Lipinski definition) is 0. The van der Waals surface area contributed by atoms with Gasteiger partial charge in [0.05, 0.1) is 17.9 Å². The van der Waals surface area contributed by atoms with E-state index in [1.54, 1.807) is 36.4 Å². The minimum atomic E-state index is -1.66. The van der Waals surface area contributed by atoms with Crippen molar-refractivity contribution in [1.82, 2.24) is 25.1 Å². The molecule has 0 amide bonds. The molecule has 2 unspecified atom stereocenters.